The Balaban J connectivity index is 2.41. The Morgan fingerprint density at radius 1 is 1.09 bits per heavy atom. The monoisotopic (exact) mass is 333 g/mol. The van der Waals surface area contributed by atoms with Crippen LogP contribution in [0.1, 0.15) is 48.0 Å². The predicted octanol–water partition coefficient (Wildman–Crippen LogP) is 2.36. The van der Waals surface area contributed by atoms with Gasteiger partial charge >= 0.3 is 12.2 Å². The van der Waals surface area contributed by atoms with Gasteiger partial charge in [-0.1, -0.05) is 0 Å². The topological polar surface area (TPSA) is 79.9 Å². The molecule has 1 heterocycles. The van der Waals surface area contributed by atoms with Crippen LogP contribution in [0.4, 0.5) is 14.0 Å². The summed E-state index contributed by atoms with van der Waals surface area (Å²) in [7, 11) is 0. The quantitative estimate of drug-likeness (QED) is 0.758. The molecular weight excluding hydrogens is 305 g/mol. The Morgan fingerprint density at radius 3 is 2.13 bits per heavy atom. The highest BCUT2D eigenvalue weighted by atomic mass is 19.1. The molecule has 1 aliphatic heterocycles. The SMILES string of the molecule is CC(C)(C)OC(=O)NN[C@H]1CCN(C(=O)OC(C)(C)C)C[C@@H]1F. The van der Waals surface area contributed by atoms with Crippen LogP contribution in [-0.4, -0.2) is 53.6 Å². The first-order valence-electron chi connectivity index (χ1n) is 7.74. The number of rotatable bonds is 2. The Labute approximate surface area is 136 Å². The van der Waals surface area contributed by atoms with E-state index in [1.807, 2.05) is 0 Å². The molecule has 1 rings (SSSR count). The minimum atomic E-state index is -1.31. The van der Waals surface area contributed by atoms with Crippen LogP contribution >= 0.6 is 0 Å². The van der Waals surface area contributed by atoms with E-state index >= 15 is 0 Å². The molecule has 0 unspecified atom stereocenters. The number of amides is 2. The van der Waals surface area contributed by atoms with Gasteiger partial charge in [-0.3, -0.25) is 5.43 Å². The van der Waals surface area contributed by atoms with Crippen LogP contribution in [0.5, 0.6) is 0 Å². The first-order chi connectivity index (χ1) is 10.4. The number of hydrazine groups is 1. The second kappa shape index (κ2) is 7.33. The van der Waals surface area contributed by atoms with Crippen molar-refractivity contribution in [1.82, 2.24) is 15.8 Å². The highest BCUT2D eigenvalue weighted by Crippen LogP contribution is 2.17. The number of alkyl halides is 1. The molecule has 0 saturated carbocycles. The summed E-state index contributed by atoms with van der Waals surface area (Å²) < 4.78 is 24.5. The highest BCUT2D eigenvalue weighted by Gasteiger charge is 2.34. The number of halogens is 1. The largest absolute Gasteiger partial charge is 0.444 e. The standard InChI is InChI=1S/C15H28FN3O4/c1-14(2,3)22-12(20)18-17-11-7-8-19(9-10(11)16)13(21)23-15(4,5)6/h10-11,17H,7-9H2,1-6H3,(H,18,20)/t10-,11-/m0/s1. The summed E-state index contributed by atoms with van der Waals surface area (Å²) >= 11 is 0. The summed E-state index contributed by atoms with van der Waals surface area (Å²) in [5.74, 6) is 0. The van der Waals surface area contributed by atoms with Crippen molar-refractivity contribution in [1.29, 1.82) is 0 Å². The minimum absolute atomic E-state index is 0.0808. The lowest BCUT2D eigenvalue weighted by molar-refractivity contribution is 0.00706. The molecule has 23 heavy (non-hydrogen) atoms. The van der Waals surface area contributed by atoms with E-state index < -0.39 is 35.6 Å². The lowest BCUT2D eigenvalue weighted by Crippen LogP contribution is -2.57. The number of likely N-dealkylation sites (tertiary alicyclic amines) is 1. The van der Waals surface area contributed by atoms with Crippen LogP contribution in [0.25, 0.3) is 0 Å². The molecule has 134 valence electrons. The minimum Gasteiger partial charge on any atom is -0.444 e. The summed E-state index contributed by atoms with van der Waals surface area (Å²) in [6, 6.07) is -0.582. The zero-order valence-corrected chi connectivity index (χ0v) is 14.7. The number of ether oxygens (including phenoxy) is 2. The van der Waals surface area contributed by atoms with E-state index in [0.717, 1.165) is 0 Å². The summed E-state index contributed by atoms with van der Waals surface area (Å²) in [5.41, 5.74) is 3.72. The number of nitrogens with one attached hydrogen (secondary N) is 2. The van der Waals surface area contributed by atoms with E-state index in [1.54, 1.807) is 41.5 Å². The van der Waals surface area contributed by atoms with Crippen molar-refractivity contribution in [2.45, 2.75) is 71.4 Å². The van der Waals surface area contributed by atoms with Crippen LogP contribution in [0.15, 0.2) is 0 Å². The molecule has 1 aliphatic rings. The number of carbonyl (C=O) groups excluding carboxylic acids is 2. The summed E-state index contributed by atoms with van der Waals surface area (Å²) in [6.07, 6.45) is -2.15. The van der Waals surface area contributed by atoms with Gasteiger partial charge in [-0.15, -0.1) is 0 Å². The van der Waals surface area contributed by atoms with Gasteiger partial charge in [0.1, 0.15) is 17.4 Å². The van der Waals surface area contributed by atoms with Crippen molar-refractivity contribution < 1.29 is 23.5 Å². The molecule has 0 aromatic rings. The molecule has 1 saturated heterocycles. The van der Waals surface area contributed by atoms with Crippen LogP contribution in [-0.2, 0) is 9.47 Å². The molecule has 8 heteroatoms. The van der Waals surface area contributed by atoms with Crippen LogP contribution in [0, 0.1) is 0 Å². The fourth-order valence-electron chi connectivity index (χ4n) is 2.01. The maximum Gasteiger partial charge on any atom is 0.422 e. The lowest BCUT2D eigenvalue weighted by Gasteiger charge is -2.35. The number of nitrogens with zero attached hydrogens (tertiary/aromatic N) is 1. The van der Waals surface area contributed by atoms with Gasteiger partial charge < -0.3 is 14.4 Å². The summed E-state index contributed by atoms with van der Waals surface area (Å²) in [6.45, 7) is 10.8. The van der Waals surface area contributed by atoms with Crippen molar-refractivity contribution in [3.8, 4) is 0 Å². The second-order valence-corrected chi connectivity index (χ2v) is 7.61. The van der Waals surface area contributed by atoms with E-state index in [0.29, 0.717) is 13.0 Å². The predicted molar refractivity (Wildman–Crippen MR) is 83.6 cm³/mol. The molecule has 0 spiro atoms. The number of hydrogen-bond acceptors (Lipinski definition) is 5. The van der Waals surface area contributed by atoms with E-state index in [-0.39, 0.29) is 6.54 Å². The van der Waals surface area contributed by atoms with Crippen molar-refractivity contribution in [2.75, 3.05) is 13.1 Å². The fraction of sp³-hybridized carbons (Fsp3) is 0.867. The molecule has 0 aromatic carbocycles. The Kier molecular flexibility index (Phi) is 6.21. The smallest absolute Gasteiger partial charge is 0.422 e. The number of carbonyl (C=O) groups is 2. The maximum atomic E-state index is 14.2. The first kappa shape index (κ1) is 19.5. The normalized spacial score (nSPS) is 22.5. The molecule has 0 radical (unpaired) electrons. The second-order valence-electron chi connectivity index (χ2n) is 7.61. The first-order valence-corrected chi connectivity index (χ1v) is 7.74. The molecule has 1 fully saturated rings. The highest BCUT2D eigenvalue weighted by molar-refractivity contribution is 5.68. The van der Waals surface area contributed by atoms with Crippen molar-refractivity contribution >= 4 is 12.2 Å². The van der Waals surface area contributed by atoms with E-state index in [2.05, 4.69) is 10.9 Å². The number of hydrogen-bond donors (Lipinski definition) is 2. The molecular formula is C15H28FN3O4. The third kappa shape index (κ3) is 7.49. The average molecular weight is 333 g/mol. The van der Waals surface area contributed by atoms with E-state index in [9.17, 15) is 14.0 Å². The van der Waals surface area contributed by atoms with Gasteiger partial charge in [0.15, 0.2) is 0 Å². The van der Waals surface area contributed by atoms with Crippen molar-refractivity contribution in [3.63, 3.8) is 0 Å². The lowest BCUT2D eigenvalue weighted by atomic mass is 10.0. The van der Waals surface area contributed by atoms with Crippen LogP contribution < -0.4 is 10.9 Å². The van der Waals surface area contributed by atoms with Crippen molar-refractivity contribution in [2.24, 2.45) is 0 Å². The zero-order valence-electron chi connectivity index (χ0n) is 14.7. The van der Waals surface area contributed by atoms with Gasteiger partial charge in [0.05, 0.1) is 12.6 Å². The van der Waals surface area contributed by atoms with Gasteiger partial charge in [-0.05, 0) is 48.0 Å². The van der Waals surface area contributed by atoms with Gasteiger partial charge in [0.2, 0.25) is 0 Å². The van der Waals surface area contributed by atoms with Crippen molar-refractivity contribution in [3.05, 3.63) is 0 Å². The van der Waals surface area contributed by atoms with Crippen LogP contribution in [0.2, 0.25) is 0 Å². The number of piperidine rings is 1. The third-order valence-corrected chi connectivity index (χ3v) is 2.95. The molecule has 0 aliphatic carbocycles. The van der Waals surface area contributed by atoms with Gasteiger partial charge in [0.25, 0.3) is 0 Å². The average Bonchev–Trinajstić information content (AvgIpc) is 2.33. The van der Waals surface area contributed by atoms with E-state index in [4.69, 9.17) is 9.47 Å². The van der Waals surface area contributed by atoms with E-state index in [1.165, 1.54) is 4.90 Å². The molecule has 0 bridgehead atoms. The maximum absolute atomic E-state index is 14.2. The van der Waals surface area contributed by atoms with Gasteiger partial charge in [-0.2, -0.15) is 0 Å². The molecule has 2 atom stereocenters. The fourth-order valence-corrected chi connectivity index (χ4v) is 2.01. The Hall–Kier alpha value is -1.57. The molecule has 7 nitrogen and oxygen atoms in total. The third-order valence-electron chi connectivity index (χ3n) is 2.95. The molecule has 2 amide bonds. The van der Waals surface area contributed by atoms with Crippen LogP contribution in [0.3, 0.4) is 0 Å². The Bertz CT molecular complexity index is 431. The van der Waals surface area contributed by atoms with Gasteiger partial charge in [-0.25, -0.2) is 19.4 Å². The van der Waals surface area contributed by atoms with Gasteiger partial charge in [0, 0.05) is 6.54 Å². The zero-order chi connectivity index (χ0) is 17.8. The molecule has 0 aromatic heterocycles. The molecule has 2 N–H and O–H groups in total. The summed E-state index contributed by atoms with van der Waals surface area (Å²) in [5, 5.41) is 0. The summed E-state index contributed by atoms with van der Waals surface area (Å²) in [4.78, 5) is 24.8. The Morgan fingerprint density at radius 2 is 1.65 bits per heavy atom.